The largest absolute Gasteiger partial charge is 0.478 e. The zero-order chi connectivity index (χ0) is 14.1. The Hall–Kier alpha value is -1.33. The number of carboxylic acids is 1. The zero-order valence-electron chi connectivity index (χ0n) is 11.3. The Kier molecular flexibility index (Phi) is 3.81. The van der Waals surface area contributed by atoms with Gasteiger partial charge in [0.25, 0.3) is 0 Å². The number of carbonyl (C=O) groups is 1. The fourth-order valence-corrected chi connectivity index (χ4v) is 3.47. The first-order valence-electron chi connectivity index (χ1n) is 7.03. The molecule has 1 aromatic rings. The van der Waals surface area contributed by atoms with Crippen LogP contribution in [-0.2, 0) is 0 Å². The molecule has 3 rings (SSSR count). The first kappa shape index (κ1) is 13.6. The van der Waals surface area contributed by atoms with Gasteiger partial charge >= 0.3 is 5.97 Å². The van der Waals surface area contributed by atoms with Crippen LogP contribution in [0, 0.1) is 0 Å². The number of pyridine rings is 1. The third-order valence-corrected chi connectivity index (χ3v) is 4.59. The van der Waals surface area contributed by atoms with Crippen molar-refractivity contribution in [2.75, 3.05) is 31.1 Å². The van der Waals surface area contributed by atoms with Crippen molar-refractivity contribution < 1.29 is 9.90 Å². The summed E-state index contributed by atoms with van der Waals surface area (Å²) in [4.78, 5) is 20.0. The lowest BCUT2D eigenvalue weighted by Crippen LogP contribution is -2.35. The van der Waals surface area contributed by atoms with Gasteiger partial charge in [0, 0.05) is 25.3 Å². The van der Waals surface area contributed by atoms with E-state index in [4.69, 9.17) is 16.7 Å². The molecule has 1 N–H and O–H groups in total. The second-order valence-electron chi connectivity index (χ2n) is 5.43. The molecule has 1 atom stereocenters. The third kappa shape index (κ3) is 2.47. The third-order valence-electron chi connectivity index (χ3n) is 4.22. The van der Waals surface area contributed by atoms with E-state index in [1.807, 2.05) is 0 Å². The van der Waals surface area contributed by atoms with Gasteiger partial charge in [0.2, 0.25) is 0 Å². The Morgan fingerprint density at radius 2 is 2.10 bits per heavy atom. The molecule has 0 spiro atoms. The van der Waals surface area contributed by atoms with E-state index in [1.165, 1.54) is 38.2 Å². The number of halogens is 1. The van der Waals surface area contributed by atoms with Gasteiger partial charge in [-0.3, -0.25) is 4.90 Å². The molecule has 0 radical (unpaired) electrons. The van der Waals surface area contributed by atoms with Crippen molar-refractivity contribution in [1.29, 1.82) is 0 Å². The summed E-state index contributed by atoms with van der Waals surface area (Å²) in [6, 6.07) is 1.99. The Balaban J connectivity index is 1.77. The van der Waals surface area contributed by atoms with Crippen LogP contribution in [0.25, 0.3) is 0 Å². The van der Waals surface area contributed by atoms with Crippen molar-refractivity contribution in [3.05, 3.63) is 22.8 Å². The minimum absolute atomic E-state index is 0.126. The molecule has 1 unspecified atom stereocenters. The predicted molar refractivity (Wildman–Crippen MR) is 77.6 cm³/mol. The van der Waals surface area contributed by atoms with Crippen LogP contribution in [0.5, 0.6) is 0 Å². The molecule has 2 aliphatic heterocycles. The average molecular weight is 296 g/mol. The van der Waals surface area contributed by atoms with Gasteiger partial charge in [0.1, 0.15) is 5.82 Å². The molecular formula is C14H18ClN3O2. The lowest BCUT2D eigenvalue weighted by atomic mass is 10.2. The second kappa shape index (κ2) is 5.58. The molecule has 6 heteroatoms. The molecule has 0 amide bonds. The van der Waals surface area contributed by atoms with Crippen LogP contribution in [0.15, 0.2) is 12.3 Å². The van der Waals surface area contributed by atoms with E-state index in [0.717, 1.165) is 19.5 Å². The van der Waals surface area contributed by atoms with Crippen LogP contribution >= 0.6 is 11.6 Å². The van der Waals surface area contributed by atoms with Gasteiger partial charge in [0.15, 0.2) is 0 Å². The van der Waals surface area contributed by atoms with Gasteiger partial charge in [-0.1, -0.05) is 11.6 Å². The Labute approximate surface area is 123 Å². The molecule has 1 aromatic heterocycles. The summed E-state index contributed by atoms with van der Waals surface area (Å²) in [6.07, 6.45) is 5.18. The number of aromatic nitrogens is 1. The maximum Gasteiger partial charge on any atom is 0.337 e. The van der Waals surface area contributed by atoms with E-state index in [0.29, 0.717) is 11.9 Å². The number of anilines is 1. The average Bonchev–Trinajstić information content (AvgIpc) is 3.09. The smallest absolute Gasteiger partial charge is 0.337 e. The fraction of sp³-hybridized carbons (Fsp3) is 0.571. The zero-order valence-corrected chi connectivity index (χ0v) is 12.0. The molecule has 0 saturated carbocycles. The summed E-state index contributed by atoms with van der Waals surface area (Å²) in [7, 11) is 0. The number of likely N-dealkylation sites (tertiary alicyclic amines) is 1. The van der Waals surface area contributed by atoms with Crippen LogP contribution in [0.3, 0.4) is 0 Å². The van der Waals surface area contributed by atoms with Gasteiger partial charge in [-0.2, -0.15) is 0 Å². The number of carboxylic acid groups (broad SMARTS) is 1. The molecule has 108 valence electrons. The highest BCUT2D eigenvalue weighted by atomic mass is 35.5. The van der Waals surface area contributed by atoms with E-state index in [-0.39, 0.29) is 10.6 Å². The summed E-state index contributed by atoms with van der Waals surface area (Å²) in [5, 5.41) is 9.37. The number of hydrogen-bond donors (Lipinski definition) is 1. The molecule has 20 heavy (non-hydrogen) atoms. The summed E-state index contributed by atoms with van der Waals surface area (Å²) in [5.74, 6) is -0.401. The lowest BCUT2D eigenvalue weighted by molar-refractivity contribution is 0.0697. The topological polar surface area (TPSA) is 56.7 Å². The van der Waals surface area contributed by atoms with Crippen molar-refractivity contribution in [1.82, 2.24) is 9.88 Å². The Morgan fingerprint density at radius 3 is 2.80 bits per heavy atom. The van der Waals surface area contributed by atoms with Gasteiger partial charge < -0.3 is 10.0 Å². The van der Waals surface area contributed by atoms with E-state index < -0.39 is 5.97 Å². The molecule has 3 heterocycles. The van der Waals surface area contributed by atoms with Crippen molar-refractivity contribution >= 4 is 23.4 Å². The quantitative estimate of drug-likeness (QED) is 0.925. The van der Waals surface area contributed by atoms with E-state index >= 15 is 0 Å². The van der Waals surface area contributed by atoms with E-state index in [2.05, 4.69) is 14.8 Å². The van der Waals surface area contributed by atoms with E-state index in [9.17, 15) is 4.79 Å². The summed E-state index contributed by atoms with van der Waals surface area (Å²) < 4.78 is 0. The first-order valence-corrected chi connectivity index (χ1v) is 7.41. The molecule has 0 aromatic carbocycles. The maximum absolute atomic E-state index is 11.1. The fourth-order valence-electron chi connectivity index (χ4n) is 3.16. The van der Waals surface area contributed by atoms with Crippen LogP contribution < -0.4 is 4.90 Å². The van der Waals surface area contributed by atoms with Crippen LogP contribution in [0.4, 0.5) is 5.82 Å². The molecular weight excluding hydrogens is 278 g/mol. The summed E-state index contributed by atoms with van der Waals surface area (Å²) >= 11 is 6.19. The molecule has 2 fully saturated rings. The van der Waals surface area contributed by atoms with Gasteiger partial charge in [-0.05, 0) is 38.4 Å². The highest BCUT2D eigenvalue weighted by molar-refractivity contribution is 6.35. The van der Waals surface area contributed by atoms with Crippen LogP contribution in [0.2, 0.25) is 5.02 Å². The second-order valence-corrected chi connectivity index (χ2v) is 5.81. The summed E-state index contributed by atoms with van der Waals surface area (Å²) in [5.41, 5.74) is 0.126. The van der Waals surface area contributed by atoms with E-state index in [1.54, 1.807) is 0 Å². The number of nitrogens with zero attached hydrogens (tertiary/aromatic N) is 3. The lowest BCUT2D eigenvalue weighted by Gasteiger charge is -2.24. The monoisotopic (exact) mass is 295 g/mol. The Bertz CT molecular complexity index is 517. The number of hydrogen-bond acceptors (Lipinski definition) is 4. The van der Waals surface area contributed by atoms with Crippen molar-refractivity contribution in [3.8, 4) is 0 Å². The van der Waals surface area contributed by atoms with Crippen molar-refractivity contribution in [2.24, 2.45) is 0 Å². The van der Waals surface area contributed by atoms with Gasteiger partial charge in [0.05, 0.1) is 10.6 Å². The normalized spacial score (nSPS) is 23.4. The molecule has 2 aliphatic rings. The molecule has 0 bridgehead atoms. The minimum atomic E-state index is -1.01. The molecule has 2 saturated heterocycles. The molecule has 5 nitrogen and oxygen atoms in total. The van der Waals surface area contributed by atoms with Crippen molar-refractivity contribution in [3.63, 3.8) is 0 Å². The highest BCUT2D eigenvalue weighted by Crippen LogP contribution is 2.31. The maximum atomic E-state index is 11.1. The van der Waals surface area contributed by atoms with Gasteiger partial charge in [-0.25, -0.2) is 9.78 Å². The van der Waals surface area contributed by atoms with Crippen molar-refractivity contribution in [2.45, 2.75) is 25.3 Å². The van der Waals surface area contributed by atoms with Gasteiger partial charge in [-0.15, -0.1) is 0 Å². The summed E-state index contributed by atoms with van der Waals surface area (Å²) in [6.45, 7) is 4.12. The number of aromatic carboxylic acids is 1. The first-order chi connectivity index (χ1) is 9.66. The molecule has 0 aliphatic carbocycles. The highest BCUT2D eigenvalue weighted by Gasteiger charge is 2.31. The standard InChI is InChI=1S/C14H18ClN3O2/c15-12-11(14(19)20)3-5-16-13(12)18-8-4-10(9-18)17-6-1-2-7-17/h3,5,10H,1-2,4,6-9H2,(H,19,20). The minimum Gasteiger partial charge on any atom is -0.478 e. The predicted octanol–water partition coefficient (Wildman–Crippen LogP) is 2.11. The Morgan fingerprint density at radius 1 is 1.35 bits per heavy atom. The van der Waals surface area contributed by atoms with Crippen LogP contribution in [0.1, 0.15) is 29.6 Å². The number of rotatable bonds is 3. The SMILES string of the molecule is O=C(O)c1ccnc(N2CCC(N3CCCC3)C2)c1Cl. The van der Waals surface area contributed by atoms with Crippen LogP contribution in [-0.4, -0.2) is 53.2 Å².